The highest BCUT2D eigenvalue weighted by molar-refractivity contribution is 6.42. The number of para-hydroxylation sites is 1. The van der Waals surface area contributed by atoms with E-state index in [1.165, 1.54) is 0 Å². The largest absolute Gasteiger partial charge is 0.508 e. The number of phenols is 1. The standard InChI is InChI=1S/C7H6Cl2.C6H6O/c1-5-3-2-4-6(8)7(5)9;7-6-4-2-1-3-5-6/h2-4H,1H3;1-5,7H. The Morgan fingerprint density at radius 3 is 1.88 bits per heavy atom. The SMILES string of the molecule is Cc1cccc(Cl)c1Cl.Oc1ccccc1. The lowest BCUT2D eigenvalue weighted by molar-refractivity contribution is 0.475. The maximum atomic E-state index is 8.63. The second-order valence-corrected chi connectivity index (χ2v) is 3.99. The third kappa shape index (κ3) is 4.13. The molecule has 0 aliphatic heterocycles. The van der Waals surface area contributed by atoms with Crippen molar-refractivity contribution in [2.24, 2.45) is 0 Å². The molecule has 0 spiro atoms. The molecule has 0 heterocycles. The maximum absolute atomic E-state index is 8.63. The van der Waals surface area contributed by atoms with Crippen LogP contribution in [0.3, 0.4) is 0 Å². The van der Waals surface area contributed by atoms with E-state index >= 15 is 0 Å². The number of halogens is 2. The quantitative estimate of drug-likeness (QED) is 0.723. The molecule has 0 atom stereocenters. The highest BCUT2D eigenvalue weighted by Gasteiger charge is 1.96. The van der Waals surface area contributed by atoms with Crippen molar-refractivity contribution in [1.29, 1.82) is 0 Å². The molecule has 16 heavy (non-hydrogen) atoms. The van der Waals surface area contributed by atoms with E-state index in [-0.39, 0.29) is 0 Å². The van der Waals surface area contributed by atoms with Crippen LogP contribution in [0.1, 0.15) is 5.56 Å². The predicted octanol–water partition coefficient (Wildman–Crippen LogP) is 4.69. The van der Waals surface area contributed by atoms with Crippen molar-refractivity contribution >= 4 is 23.2 Å². The molecule has 0 amide bonds. The third-order valence-corrected chi connectivity index (χ3v) is 2.81. The predicted molar refractivity (Wildman–Crippen MR) is 69.3 cm³/mol. The molecule has 0 aromatic heterocycles. The van der Waals surface area contributed by atoms with Crippen LogP contribution >= 0.6 is 23.2 Å². The number of aromatic hydroxyl groups is 1. The van der Waals surface area contributed by atoms with Crippen LogP contribution in [-0.2, 0) is 0 Å². The van der Waals surface area contributed by atoms with Crippen molar-refractivity contribution in [1.82, 2.24) is 0 Å². The van der Waals surface area contributed by atoms with Crippen molar-refractivity contribution in [3.63, 3.8) is 0 Å². The summed E-state index contributed by atoms with van der Waals surface area (Å²) in [5.74, 6) is 0.322. The summed E-state index contributed by atoms with van der Waals surface area (Å²) < 4.78 is 0. The number of phenolic OH excluding ortho intramolecular Hbond substituents is 1. The molecule has 0 fully saturated rings. The van der Waals surface area contributed by atoms with Gasteiger partial charge in [-0.3, -0.25) is 0 Å². The number of hydrogen-bond acceptors (Lipinski definition) is 1. The van der Waals surface area contributed by atoms with Gasteiger partial charge < -0.3 is 5.11 Å². The van der Waals surface area contributed by atoms with Crippen molar-refractivity contribution < 1.29 is 5.11 Å². The Balaban J connectivity index is 0.000000165. The summed E-state index contributed by atoms with van der Waals surface area (Å²) in [6.07, 6.45) is 0. The molecule has 1 N–H and O–H groups in total. The molecule has 84 valence electrons. The van der Waals surface area contributed by atoms with Gasteiger partial charge in [-0.25, -0.2) is 0 Å². The van der Waals surface area contributed by atoms with Crippen LogP contribution in [0.4, 0.5) is 0 Å². The number of aryl methyl sites for hydroxylation is 1. The molecule has 0 saturated carbocycles. The minimum absolute atomic E-state index is 0.322. The van der Waals surface area contributed by atoms with Crippen molar-refractivity contribution in [3.05, 3.63) is 64.1 Å². The van der Waals surface area contributed by atoms with E-state index in [0.29, 0.717) is 15.8 Å². The Labute approximate surface area is 105 Å². The summed E-state index contributed by atoms with van der Waals surface area (Å²) in [6, 6.07) is 14.3. The summed E-state index contributed by atoms with van der Waals surface area (Å²) in [4.78, 5) is 0. The molecule has 0 unspecified atom stereocenters. The van der Waals surface area contributed by atoms with Crippen molar-refractivity contribution in [2.45, 2.75) is 6.92 Å². The Morgan fingerprint density at radius 1 is 0.875 bits per heavy atom. The molecule has 0 bridgehead atoms. The average Bonchev–Trinajstić information content (AvgIpc) is 2.28. The van der Waals surface area contributed by atoms with Gasteiger partial charge in [-0.05, 0) is 30.7 Å². The lowest BCUT2D eigenvalue weighted by Crippen LogP contribution is -1.73. The summed E-state index contributed by atoms with van der Waals surface area (Å²) in [7, 11) is 0. The topological polar surface area (TPSA) is 20.2 Å². The second-order valence-electron chi connectivity index (χ2n) is 3.21. The molecule has 2 aromatic rings. The molecule has 3 heteroatoms. The molecule has 0 aliphatic rings. The van der Waals surface area contributed by atoms with Crippen LogP contribution in [0, 0.1) is 6.92 Å². The zero-order chi connectivity index (χ0) is 12.0. The van der Waals surface area contributed by atoms with Gasteiger partial charge in [0.25, 0.3) is 0 Å². The van der Waals surface area contributed by atoms with E-state index in [1.807, 2.05) is 25.1 Å². The minimum atomic E-state index is 0.322. The van der Waals surface area contributed by atoms with Gasteiger partial charge in [0.2, 0.25) is 0 Å². The fourth-order valence-electron chi connectivity index (χ4n) is 1.04. The Bertz CT molecular complexity index is 421. The normalized spacial score (nSPS) is 9.19. The smallest absolute Gasteiger partial charge is 0.115 e. The zero-order valence-electron chi connectivity index (χ0n) is 8.82. The molecular formula is C13H12Cl2O. The van der Waals surface area contributed by atoms with Gasteiger partial charge in [-0.2, -0.15) is 0 Å². The first-order valence-electron chi connectivity index (χ1n) is 4.76. The average molecular weight is 255 g/mol. The summed E-state index contributed by atoms with van der Waals surface area (Å²) in [5, 5.41) is 9.91. The van der Waals surface area contributed by atoms with Gasteiger partial charge in [0.15, 0.2) is 0 Å². The van der Waals surface area contributed by atoms with E-state index in [2.05, 4.69) is 0 Å². The summed E-state index contributed by atoms with van der Waals surface area (Å²) in [5.41, 5.74) is 1.02. The molecule has 0 saturated heterocycles. The Kier molecular flexibility index (Phi) is 5.17. The van der Waals surface area contributed by atoms with Crippen LogP contribution in [-0.4, -0.2) is 5.11 Å². The Hall–Kier alpha value is -1.18. The monoisotopic (exact) mass is 254 g/mol. The van der Waals surface area contributed by atoms with E-state index in [1.54, 1.807) is 30.3 Å². The van der Waals surface area contributed by atoms with Gasteiger partial charge in [0.05, 0.1) is 10.0 Å². The number of rotatable bonds is 0. The van der Waals surface area contributed by atoms with Gasteiger partial charge >= 0.3 is 0 Å². The molecule has 2 aromatic carbocycles. The lowest BCUT2D eigenvalue weighted by atomic mass is 10.2. The third-order valence-electron chi connectivity index (χ3n) is 1.90. The number of benzene rings is 2. The van der Waals surface area contributed by atoms with Gasteiger partial charge in [0.1, 0.15) is 5.75 Å². The van der Waals surface area contributed by atoms with Crippen LogP contribution in [0.15, 0.2) is 48.5 Å². The van der Waals surface area contributed by atoms with Gasteiger partial charge in [0, 0.05) is 0 Å². The van der Waals surface area contributed by atoms with Crippen LogP contribution < -0.4 is 0 Å². The first kappa shape index (κ1) is 12.9. The molecule has 2 rings (SSSR count). The zero-order valence-corrected chi connectivity index (χ0v) is 10.3. The minimum Gasteiger partial charge on any atom is -0.508 e. The molecule has 0 aliphatic carbocycles. The molecule has 1 nitrogen and oxygen atoms in total. The highest BCUT2D eigenvalue weighted by Crippen LogP contribution is 2.24. The summed E-state index contributed by atoms with van der Waals surface area (Å²) >= 11 is 11.4. The first-order valence-corrected chi connectivity index (χ1v) is 5.51. The van der Waals surface area contributed by atoms with Crippen LogP contribution in [0.5, 0.6) is 5.75 Å². The fraction of sp³-hybridized carbons (Fsp3) is 0.0769. The van der Waals surface area contributed by atoms with E-state index in [0.717, 1.165) is 5.56 Å². The maximum Gasteiger partial charge on any atom is 0.115 e. The van der Waals surface area contributed by atoms with E-state index in [9.17, 15) is 0 Å². The van der Waals surface area contributed by atoms with Crippen LogP contribution in [0.2, 0.25) is 10.0 Å². The van der Waals surface area contributed by atoms with Gasteiger partial charge in [-0.1, -0.05) is 53.5 Å². The molecular weight excluding hydrogens is 243 g/mol. The second kappa shape index (κ2) is 6.41. The first-order chi connectivity index (χ1) is 7.61. The highest BCUT2D eigenvalue weighted by atomic mass is 35.5. The van der Waals surface area contributed by atoms with Gasteiger partial charge in [-0.15, -0.1) is 0 Å². The van der Waals surface area contributed by atoms with Crippen LogP contribution in [0.25, 0.3) is 0 Å². The Morgan fingerprint density at radius 2 is 1.50 bits per heavy atom. The fourth-order valence-corrected chi connectivity index (χ4v) is 1.39. The summed E-state index contributed by atoms with van der Waals surface area (Å²) in [6.45, 7) is 1.92. The van der Waals surface area contributed by atoms with Crippen molar-refractivity contribution in [3.8, 4) is 5.75 Å². The number of hydrogen-bond donors (Lipinski definition) is 1. The van der Waals surface area contributed by atoms with E-state index in [4.69, 9.17) is 28.3 Å². The van der Waals surface area contributed by atoms with Crippen molar-refractivity contribution in [2.75, 3.05) is 0 Å². The lowest BCUT2D eigenvalue weighted by Gasteiger charge is -1.96. The molecule has 0 radical (unpaired) electrons. The van der Waals surface area contributed by atoms with E-state index < -0.39 is 0 Å².